The molecule has 106 valence electrons. The van der Waals surface area contributed by atoms with Crippen LogP contribution in [0.15, 0.2) is 24.3 Å². The maximum Gasteiger partial charge on any atom is 0.309 e. The number of benzene rings is 1. The molecule has 0 aromatic heterocycles. The van der Waals surface area contributed by atoms with Crippen LogP contribution in [0.25, 0.3) is 0 Å². The van der Waals surface area contributed by atoms with Crippen LogP contribution in [0.4, 0.5) is 0 Å². The predicted molar refractivity (Wildman–Crippen MR) is 75.0 cm³/mol. The molecule has 1 aromatic carbocycles. The standard InChI is InChI=1S/C15H23NO3/c1-4-19-10-9-16(2)12-14-8-6-5-7-13(14)11-15(17)18-3/h5-8H,4,9-12H2,1-3H3. The highest BCUT2D eigenvalue weighted by molar-refractivity contribution is 5.72. The molecule has 0 N–H and O–H groups in total. The summed E-state index contributed by atoms with van der Waals surface area (Å²) in [5.41, 5.74) is 2.18. The third-order valence-corrected chi connectivity index (χ3v) is 2.94. The fraction of sp³-hybridized carbons (Fsp3) is 0.533. The molecule has 1 aromatic rings. The predicted octanol–water partition coefficient (Wildman–Crippen LogP) is 1.87. The SMILES string of the molecule is CCOCCN(C)Cc1ccccc1CC(=O)OC. The number of likely N-dealkylation sites (N-methyl/N-ethyl adjacent to an activating group) is 1. The van der Waals surface area contributed by atoms with Gasteiger partial charge in [0.2, 0.25) is 0 Å². The van der Waals surface area contributed by atoms with E-state index in [2.05, 4.69) is 11.0 Å². The van der Waals surface area contributed by atoms with Crippen molar-refractivity contribution in [3.8, 4) is 0 Å². The fourth-order valence-electron chi connectivity index (χ4n) is 1.85. The van der Waals surface area contributed by atoms with Gasteiger partial charge >= 0.3 is 5.97 Å². The minimum absolute atomic E-state index is 0.204. The van der Waals surface area contributed by atoms with Crippen LogP contribution in [-0.4, -0.2) is 44.8 Å². The molecule has 4 nitrogen and oxygen atoms in total. The van der Waals surface area contributed by atoms with Crippen LogP contribution in [0.3, 0.4) is 0 Å². The minimum Gasteiger partial charge on any atom is -0.469 e. The second kappa shape index (κ2) is 8.67. The number of ether oxygens (including phenoxy) is 2. The first-order chi connectivity index (χ1) is 9.17. The lowest BCUT2D eigenvalue weighted by Gasteiger charge is -2.18. The number of hydrogen-bond donors (Lipinski definition) is 0. The summed E-state index contributed by atoms with van der Waals surface area (Å²) < 4.78 is 10.1. The zero-order chi connectivity index (χ0) is 14.1. The maximum absolute atomic E-state index is 11.4. The Kier molecular flexibility index (Phi) is 7.15. The Morgan fingerprint density at radius 1 is 1.26 bits per heavy atom. The van der Waals surface area contributed by atoms with E-state index in [9.17, 15) is 4.79 Å². The third-order valence-electron chi connectivity index (χ3n) is 2.94. The van der Waals surface area contributed by atoms with Gasteiger partial charge in [0.15, 0.2) is 0 Å². The molecule has 1 rings (SSSR count). The van der Waals surface area contributed by atoms with Crippen molar-refractivity contribution < 1.29 is 14.3 Å². The van der Waals surface area contributed by atoms with Crippen molar-refractivity contribution in [1.82, 2.24) is 4.90 Å². The average Bonchev–Trinajstić information content (AvgIpc) is 2.41. The highest BCUT2D eigenvalue weighted by atomic mass is 16.5. The third kappa shape index (κ3) is 5.85. The molecule has 0 heterocycles. The summed E-state index contributed by atoms with van der Waals surface area (Å²) in [5, 5.41) is 0. The Morgan fingerprint density at radius 2 is 1.95 bits per heavy atom. The molecular weight excluding hydrogens is 242 g/mol. The van der Waals surface area contributed by atoms with Crippen molar-refractivity contribution in [2.45, 2.75) is 19.9 Å². The Morgan fingerprint density at radius 3 is 2.58 bits per heavy atom. The molecule has 0 atom stereocenters. The molecule has 4 heteroatoms. The zero-order valence-corrected chi connectivity index (χ0v) is 12.0. The summed E-state index contributed by atoms with van der Waals surface area (Å²) >= 11 is 0. The summed E-state index contributed by atoms with van der Waals surface area (Å²) in [6.45, 7) is 5.14. The maximum atomic E-state index is 11.4. The van der Waals surface area contributed by atoms with Crippen molar-refractivity contribution in [3.63, 3.8) is 0 Å². The molecule has 0 unspecified atom stereocenters. The molecule has 0 radical (unpaired) electrons. The Bertz CT molecular complexity index is 393. The summed E-state index contributed by atoms with van der Waals surface area (Å²) in [6, 6.07) is 7.96. The van der Waals surface area contributed by atoms with Gasteiger partial charge in [0.05, 0.1) is 20.1 Å². The number of hydrogen-bond acceptors (Lipinski definition) is 4. The smallest absolute Gasteiger partial charge is 0.309 e. The second-order valence-corrected chi connectivity index (χ2v) is 4.46. The van der Waals surface area contributed by atoms with Crippen molar-refractivity contribution in [3.05, 3.63) is 35.4 Å². The number of carbonyl (C=O) groups is 1. The van der Waals surface area contributed by atoms with E-state index >= 15 is 0 Å². The fourth-order valence-corrected chi connectivity index (χ4v) is 1.85. The van der Waals surface area contributed by atoms with E-state index in [1.165, 1.54) is 7.11 Å². The van der Waals surface area contributed by atoms with Gasteiger partial charge in [0.25, 0.3) is 0 Å². The van der Waals surface area contributed by atoms with Crippen LogP contribution >= 0.6 is 0 Å². The quantitative estimate of drug-likeness (QED) is 0.531. The van der Waals surface area contributed by atoms with Crippen molar-refractivity contribution >= 4 is 5.97 Å². The lowest BCUT2D eigenvalue weighted by atomic mass is 10.0. The zero-order valence-electron chi connectivity index (χ0n) is 12.0. The molecule has 0 aliphatic carbocycles. The average molecular weight is 265 g/mol. The van der Waals surface area contributed by atoms with E-state index in [1.54, 1.807) is 0 Å². The van der Waals surface area contributed by atoms with Gasteiger partial charge in [-0.3, -0.25) is 9.69 Å². The molecule has 0 aliphatic heterocycles. The Balaban J connectivity index is 2.59. The van der Waals surface area contributed by atoms with Crippen LogP contribution < -0.4 is 0 Å². The largest absolute Gasteiger partial charge is 0.469 e. The molecular formula is C15H23NO3. The van der Waals surface area contributed by atoms with Crippen molar-refractivity contribution in [1.29, 1.82) is 0 Å². The van der Waals surface area contributed by atoms with Gasteiger partial charge in [0, 0.05) is 19.7 Å². The van der Waals surface area contributed by atoms with E-state index in [4.69, 9.17) is 9.47 Å². The topological polar surface area (TPSA) is 38.8 Å². The van der Waals surface area contributed by atoms with Crippen LogP contribution in [0, 0.1) is 0 Å². The lowest BCUT2D eigenvalue weighted by molar-refractivity contribution is -0.139. The lowest BCUT2D eigenvalue weighted by Crippen LogP contribution is -2.23. The normalized spacial score (nSPS) is 10.7. The number of carbonyl (C=O) groups excluding carboxylic acids is 1. The highest BCUT2D eigenvalue weighted by Crippen LogP contribution is 2.12. The van der Waals surface area contributed by atoms with Crippen molar-refractivity contribution in [2.75, 3.05) is 33.9 Å². The monoisotopic (exact) mass is 265 g/mol. The molecule has 19 heavy (non-hydrogen) atoms. The van der Waals surface area contributed by atoms with E-state index in [0.717, 1.165) is 37.4 Å². The van der Waals surface area contributed by atoms with Gasteiger partial charge in [-0.05, 0) is 25.1 Å². The van der Waals surface area contributed by atoms with Crippen LogP contribution in [-0.2, 0) is 27.2 Å². The molecule has 0 amide bonds. The number of esters is 1. The summed E-state index contributed by atoms with van der Waals surface area (Å²) in [4.78, 5) is 13.6. The highest BCUT2D eigenvalue weighted by Gasteiger charge is 2.09. The second-order valence-electron chi connectivity index (χ2n) is 4.46. The molecule has 0 fully saturated rings. The van der Waals surface area contributed by atoms with Gasteiger partial charge in [-0.1, -0.05) is 24.3 Å². The summed E-state index contributed by atoms with van der Waals surface area (Å²) in [6.07, 6.45) is 0.325. The van der Waals surface area contributed by atoms with Gasteiger partial charge in [-0.2, -0.15) is 0 Å². The molecule has 0 bridgehead atoms. The van der Waals surface area contributed by atoms with E-state index in [0.29, 0.717) is 6.42 Å². The number of nitrogens with zero attached hydrogens (tertiary/aromatic N) is 1. The van der Waals surface area contributed by atoms with Gasteiger partial charge in [0.1, 0.15) is 0 Å². The van der Waals surface area contributed by atoms with Gasteiger partial charge < -0.3 is 9.47 Å². The van der Waals surface area contributed by atoms with Crippen molar-refractivity contribution in [2.24, 2.45) is 0 Å². The summed E-state index contributed by atoms with van der Waals surface area (Å²) in [5.74, 6) is -0.204. The first-order valence-corrected chi connectivity index (χ1v) is 6.57. The first-order valence-electron chi connectivity index (χ1n) is 6.57. The van der Waals surface area contributed by atoms with E-state index < -0.39 is 0 Å². The van der Waals surface area contributed by atoms with Gasteiger partial charge in [-0.25, -0.2) is 0 Å². The Hall–Kier alpha value is -1.39. The Labute approximate surface area is 115 Å². The molecule has 0 aliphatic rings. The van der Waals surface area contributed by atoms with E-state index in [1.807, 2.05) is 32.2 Å². The number of rotatable bonds is 8. The van der Waals surface area contributed by atoms with E-state index in [-0.39, 0.29) is 5.97 Å². The van der Waals surface area contributed by atoms with Crippen LogP contribution in [0.2, 0.25) is 0 Å². The molecule has 0 spiro atoms. The van der Waals surface area contributed by atoms with Gasteiger partial charge in [-0.15, -0.1) is 0 Å². The van der Waals surface area contributed by atoms with Crippen LogP contribution in [0.1, 0.15) is 18.1 Å². The number of methoxy groups -OCH3 is 1. The molecule has 0 saturated heterocycles. The molecule has 0 saturated carbocycles. The summed E-state index contributed by atoms with van der Waals surface area (Å²) in [7, 11) is 3.47. The first kappa shape index (κ1) is 15.7. The minimum atomic E-state index is -0.204. The van der Waals surface area contributed by atoms with Crippen LogP contribution in [0.5, 0.6) is 0 Å².